The molecule has 7 heavy (non-hydrogen) atoms. The van der Waals surface area contributed by atoms with E-state index in [-0.39, 0.29) is 5.78 Å². The van der Waals surface area contributed by atoms with Crippen molar-refractivity contribution in [3.8, 4) is 6.57 Å². The van der Waals surface area contributed by atoms with Gasteiger partial charge in [-0.15, -0.1) is 0 Å². The Hall–Kier alpha value is -0.840. The van der Waals surface area contributed by atoms with Crippen molar-refractivity contribution in [3.05, 3.63) is 0 Å². The summed E-state index contributed by atoms with van der Waals surface area (Å²) in [6, 6.07) is 0. The smallest absolute Gasteiger partial charge is 0.129 e. The van der Waals surface area contributed by atoms with Gasteiger partial charge in [-0.1, -0.05) is 6.92 Å². The number of nitriles is 1. The van der Waals surface area contributed by atoms with Crippen LogP contribution in [0, 0.1) is 11.8 Å². The van der Waals surface area contributed by atoms with Crippen LogP contribution in [0.3, 0.4) is 0 Å². The molecule has 2 nitrogen and oxygen atoms in total. The zero-order valence-corrected chi connectivity index (χ0v) is 4.64. The molecular weight excluding hydrogens is 90.1 g/mol. The minimum atomic E-state index is 0.255. The molecule has 0 fully saturated rings. The third-order valence-corrected chi connectivity index (χ3v) is 0.498. The summed E-state index contributed by atoms with van der Waals surface area (Å²) >= 11 is 0. The summed E-state index contributed by atoms with van der Waals surface area (Å²) < 4.78 is 0. The molecule has 0 saturated carbocycles. The maximum atomic E-state index is 9.81. The number of Topliss-reactive ketones (excluding diaryl/α,β-unsaturated/α-hetero) is 1. The van der Waals surface area contributed by atoms with Gasteiger partial charge in [0.15, 0.2) is 0 Å². The summed E-state index contributed by atoms with van der Waals surface area (Å²) in [5.41, 5.74) is 0. The monoisotopic (exact) mass is 99.1 g/mol. The van der Waals surface area contributed by atoms with E-state index in [1.165, 1.54) is 0 Å². The van der Waals surface area contributed by atoms with E-state index in [9.17, 15) is 4.79 Å². The minimum Gasteiger partial charge on any atom is -0.300 e. The second-order valence-corrected chi connectivity index (χ2v) is 1.06. The first kappa shape index (κ1) is 9.48. The van der Waals surface area contributed by atoms with E-state index in [1.807, 2.05) is 6.92 Å². The maximum Gasteiger partial charge on any atom is 0.129 e. The van der Waals surface area contributed by atoms with Gasteiger partial charge in [0.05, 0.1) is 0 Å². The Kier molecular flexibility index (Phi) is 12.1. The fraction of sp³-hybridized carbons (Fsp3) is 0.600. The molecule has 2 heteroatoms. The van der Waals surface area contributed by atoms with Crippen LogP contribution in [0.1, 0.15) is 20.3 Å². The largest absolute Gasteiger partial charge is 0.300 e. The average molecular weight is 99.1 g/mol. The fourth-order valence-corrected chi connectivity index (χ4v) is 0. The molecule has 0 aromatic rings. The molecule has 0 aliphatic heterocycles. The van der Waals surface area contributed by atoms with E-state index in [4.69, 9.17) is 5.26 Å². The number of hydrogen-bond acceptors (Lipinski definition) is 2. The first-order chi connectivity index (χ1) is 3.27. The molecule has 0 saturated heterocycles. The van der Waals surface area contributed by atoms with Crippen LogP contribution in [0.25, 0.3) is 0 Å². The van der Waals surface area contributed by atoms with Crippen LogP contribution in [-0.4, -0.2) is 5.78 Å². The van der Waals surface area contributed by atoms with Gasteiger partial charge in [-0.2, -0.15) is 0 Å². The van der Waals surface area contributed by atoms with Gasteiger partial charge in [-0.3, -0.25) is 0 Å². The topological polar surface area (TPSA) is 40.9 Å². The Morgan fingerprint density at radius 1 is 1.71 bits per heavy atom. The summed E-state index contributed by atoms with van der Waals surface area (Å²) in [4.78, 5) is 9.81. The minimum absolute atomic E-state index is 0.255. The first-order valence-corrected chi connectivity index (χ1v) is 2.02. The van der Waals surface area contributed by atoms with Crippen LogP contribution in [0.2, 0.25) is 0 Å². The van der Waals surface area contributed by atoms with Gasteiger partial charge >= 0.3 is 0 Å². The van der Waals surface area contributed by atoms with Crippen LogP contribution < -0.4 is 0 Å². The van der Waals surface area contributed by atoms with E-state index >= 15 is 0 Å². The molecule has 0 amide bonds. The van der Waals surface area contributed by atoms with E-state index < -0.39 is 0 Å². The van der Waals surface area contributed by atoms with Crippen LogP contribution in [0.5, 0.6) is 0 Å². The van der Waals surface area contributed by atoms with Gasteiger partial charge in [-0.25, -0.2) is 5.26 Å². The second-order valence-electron chi connectivity index (χ2n) is 1.06. The van der Waals surface area contributed by atoms with Crippen molar-refractivity contribution >= 4 is 5.78 Å². The Labute approximate surface area is 43.8 Å². The number of nitrogens with zero attached hydrogens (tertiary/aromatic N) is 1. The molecule has 0 atom stereocenters. The summed E-state index contributed by atoms with van der Waals surface area (Å²) in [6.07, 6.45) is 0.667. The predicted octanol–water partition coefficient (Wildman–Crippen LogP) is 1.13. The number of ketones is 1. The molecular formula is C5H9NO. The Bertz CT molecular complexity index is 65.7. The van der Waals surface area contributed by atoms with Gasteiger partial charge < -0.3 is 4.79 Å². The lowest BCUT2D eigenvalue weighted by Crippen LogP contribution is -1.80. The number of carbonyl (C=O) groups excluding carboxylic acids is 1. The maximum absolute atomic E-state index is 9.81. The fourth-order valence-electron chi connectivity index (χ4n) is 0. The normalized spacial score (nSPS) is 5.71. The summed E-state index contributed by atoms with van der Waals surface area (Å²) in [6.45, 7) is 6.93. The molecule has 0 aliphatic carbocycles. The number of carbonyl (C=O) groups is 1. The summed E-state index contributed by atoms with van der Waals surface area (Å²) in [5.74, 6) is 0.255. The van der Waals surface area contributed by atoms with Crippen molar-refractivity contribution in [3.63, 3.8) is 0 Å². The molecule has 0 heterocycles. The van der Waals surface area contributed by atoms with Gasteiger partial charge in [-0.05, 0) is 6.92 Å². The molecule has 0 spiro atoms. The zero-order valence-electron chi connectivity index (χ0n) is 4.64. The van der Waals surface area contributed by atoms with Crippen molar-refractivity contribution in [2.75, 3.05) is 0 Å². The van der Waals surface area contributed by atoms with Gasteiger partial charge in [0, 0.05) is 13.0 Å². The molecule has 0 aliphatic rings. The van der Waals surface area contributed by atoms with Crippen LogP contribution >= 0.6 is 0 Å². The van der Waals surface area contributed by atoms with Crippen molar-refractivity contribution in [2.24, 2.45) is 0 Å². The zero-order chi connectivity index (χ0) is 6.28. The lowest BCUT2D eigenvalue weighted by Gasteiger charge is -1.71. The molecule has 0 radical (unpaired) electrons. The highest BCUT2D eigenvalue weighted by Crippen LogP contribution is 1.71. The lowest BCUT2D eigenvalue weighted by molar-refractivity contribution is -0.116. The predicted molar refractivity (Wildman–Crippen MR) is 27.6 cm³/mol. The highest BCUT2D eigenvalue weighted by Gasteiger charge is 1.76. The molecule has 0 unspecified atom stereocenters. The highest BCUT2D eigenvalue weighted by molar-refractivity contribution is 5.74. The molecule has 0 N–H and O–H groups in total. The Balaban J connectivity index is 0. The third kappa shape index (κ3) is 38.3. The van der Waals surface area contributed by atoms with Gasteiger partial charge in [0.2, 0.25) is 0 Å². The number of hydrogen-bond donors (Lipinski definition) is 0. The second kappa shape index (κ2) is 8.94. The van der Waals surface area contributed by atoms with Crippen molar-refractivity contribution in [2.45, 2.75) is 20.3 Å². The van der Waals surface area contributed by atoms with Crippen LogP contribution in [-0.2, 0) is 4.79 Å². The summed E-state index contributed by atoms with van der Waals surface area (Å²) in [7, 11) is 0. The van der Waals surface area contributed by atoms with Crippen molar-refractivity contribution in [1.29, 1.82) is 5.26 Å². The van der Waals surface area contributed by atoms with E-state index in [0.717, 1.165) is 0 Å². The van der Waals surface area contributed by atoms with Gasteiger partial charge in [0.25, 0.3) is 0 Å². The van der Waals surface area contributed by atoms with Gasteiger partial charge in [0.1, 0.15) is 5.78 Å². The van der Waals surface area contributed by atoms with Crippen molar-refractivity contribution in [1.82, 2.24) is 0 Å². The molecule has 0 bridgehead atoms. The van der Waals surface area contributed by atoms with E-state index in [2.05, 4.69) is 6.57 Å². The van der Waals surface area contributed by atoms with Crippen molar-refractivity contribution < 1.29 is 4.79 Å². The SMILES string of the molecule is C#N.CCC(C)=O. The first-order valence-electron chi connectivity index (χ1n) is 2.02. The highest BCUT2D eigenvalue weighted by atomic mass is 16.1. The number of rotatable bonds is 1. The Morgan fingerprint density at radius 2 is 1.86 bits per heavy atom. The van der Waals surface area contributed by atoms with Crippen LogP contribution in [0.15, 0.2) is 0 Å². The molecule has 40 valence electrons. The lowest BCUT2D eigenvalue weighted by atomic mass is 10.4. The molecule has 0 aromatic carbocycles. The Morgan fingerprint density at radius 3 is 1.86 bits per heavy atom. The average Bonchev–Trinajstić information content (AvgIpc) is 1.73. The molecule has 0 aromatic heterocycles. The van der Waals surface area contributed by atoms with E-state index in [0.29, 0.717) is 6.42 Å². The van der Waals surface area contributed by atoms with E-state index in [1.54, 1.807) is 6.92 Å². The quantitative estimate of drug-likeness (QED) is 0.494. The molecule has 0 rings (SSSR count). The summed E-state index contributed by atoms with van der Waals surface area (Å²) in [5, 5.41) is 6.50. The third-order valence-electron chi connectivity index (χ3n) is 0.498. The van der Waals surface area contributed by atoms with Crippen LogP contribution in [0.4, 0.5) is 0 Å². The standard InChI is InChI=1S/C4H8O.CHN/c1-3-4(2)5;1-2/h3H2,1-2H3;1H.